The van der Waals surface area contributed by atoms with Gasteiger partial charge >= 0.3 is 0 Å². The SMILES string of the molecule is Fc1cccc(-c2ccc(Cl)cc2CNC2CC2)c1. The van der Waals surface area contributed by atoms with Gasteiger partial charge in [0.15, 0.2) is 0 Å². The van der Waals surface area contributed by atoms with Crippen LogP contribution >= 0.6 is 11.6 Å². The highest BCUT2D eigenvalue weighted by Gasteiger charge is 2.20. The van der Waals surface area contributed by atoms with Crippen molar-refractivity contribution in [3.8, 4) is 11.1 Å². The average Bonchev–Trinajstić information content (AvgIpc) is 3.20. The van der Waals surface area contributed by atoms with Crippen LogP contribution in [0.25, 0.3) is 11.1 Å². The first-order valence-electron chi connectivity index (χ1n) is 6.50. The molecule has 1 aliphatic carbocycles. The van der Waals surface area contributed by atoms with E-state index in [9.17, 15) is 4.39 Å². The second-order valence-electron chi connectivity index (χ2n) is 4.97. The number of hydrogen-bond acceptors (Lipinski definition) is 1. The summed E-state index contributed by atoms with van der Waals surface area (Å²) >= 11 is 6.06. The highest BCUT2D eigenvalue weighted by atomic mass is 35.5. The molecule has 98 valence electrons. The van der Waals surface area contributed by atoms with E-state index in [2.05, 4.69) is 5.32 Å². The number of benzene rings is 2. The predicted octanol–water partition coefficient (Wildman–Crippen LogP) is 4.40. The Bertz CT molecular complexity index is 593. The van der Waals surface area contributed by atoms with Crippen LogP contribution < -0.4 is 5.32 Å². The highest BCUT2D eigenvalue weighted by Crippen LogP contribution is 2.28. The fourth-order valence-corrected chi connectivity index (χ4v) is 2.38. The number of rotatable bonds is 4. The van der Waals surface area contributed by atoms with Crippen molar-refractivity contribution in [2.75, 3.05) is 0 Å². The van der Waals surface area contributed by atoms with E-state index in [0.29, 0.717) is 11.1 Å². The first-order valence-corrected chi connectivity index (χ1v) is 6.88. The van der Waals surface area contributed by atoms with Gasteiger partial charge < -0.3 is 5.32 Å². The molecule has 3 heteroatoms. The molecule has 0 radical (unpaired) electrons. The molecule has 1 aliphatic rings. The molecule has 0 spiro atoms. The predicted molar refractivity (Wildman–Crippen MR) is 76.7 cm³/mol. The van der Waals surface area contributed by atoms with Crippen molar-refractivity contribution in [1.29, 1.82) is 0 Å². The van der Waals surface area contributed by atoms with E-state index in [4.69, 9.17) is 11.6 Å². The van der Waals surface area contributed by atoms with Gasteiger partial charge in [0.2, 0.25) is 0 Å². The Morgan fingerprint density at radius 1 is 1.16 bits per heavy atom. The van der Waals surface area contributed by atoms with Crippen molar-refractivity contribution in [3.05, 3.63) is 58.9 Å². The number of halogens is 2. The molecule has 2 aromatic carbocycles. The van der Waals surface area contributed by atoms with E-state index in [1.807, 2.05) is 24.3 Å². The molecule has 0 saturated heterocycles. The van der Waals surface area contributed by atoms with E-state index < -0.39 is 0 Å². The lowest BCUT2D eigenvalue weighted by atomic mass is 9.99. The third-order valence-corrected chi connectivity index (χ3v) is 3.60. The van der Waals surface area contributed by atoms with E-state index in [-0.39, 0.29) is 5.82 Å². The molecule has 19 heavy (non-hydrogen) atoms. The van der Waals surface area contributed by atoms with Gasteiger partial charge in [0.1, 0.15) is 5.82 Å². The Morgan fingerprint density at radius 2 is 2.00 bits per heavy atom. The van der Waals surface area contributed by atoms with Crippen LogP contribution in [0.2, 0.25) is 5.02 Å². The summed E-state index contributed by atoms with van der Waals surface area (Å²) in [6.07, 6.45) is 2.49. The molecule has 1 N–H and O–H groups in total. The molecule has 1 nitrogen and oxygen atoms in total. The third-order valence-electron chi connectivity index (χ3n) is 3.36. The van der Waals surface area contributed by atoms with Gasteiger partial charge in [-0.2, -0.15) is 0 Å². The molecule has 3 rings (SSSR count). The smallest absolute Gasteiger partial charge is 0.123 e. The summed E-state index contributed by atoms with van der Waals surface area (Å²) in [7, 11) is 0. The van der Waals surface area contributed by atoms with Crippen LogP contribution in [0, 0.1) is 5.82 Å². The van der Waals surface area contributed by atoms with Crippen molar-refractivity contribution in [3.63, 3.8) is 0 Å². The van der Waals surface area contributed by atoms with Gasteiger partial charge in [0.05, 0.1) is 0 Å². The van der Waals surface area contributed by atoms with Gasteiger partial charge in [0.25, 0.3) is 0 Å². The Balaban J connectivity index is 1.94. The largest absolute Gasteiger partial charge is 0.310 e. The molecular weight excluding hydrogens is 261 g/mol. The first kappa shape index (κ1) is 12.6. The second-order valence-corrected chi connectivity index (χ2v) is 5.40. The Hall–Kier alpha value is -1.38. The van der Waals surface area contributed by atoms with Crippen LogP contribution in [0.15, 0.2) is 42.5 Å². The van der Waals surface area contributed by atoms with Crippen LogP contribution in [0.1, 0.15) is 18.4 Å². The van der Waals surface area contributed by atoms with Gasteiger partial charge in [-0.15, -0.1) is 0 Å². The van der Waals surface area contributed by atoms with Gasteiger partial charge in [-0.25, -0.2) is 4.39 Å². The standard InChI is InChI=1S/C16H15ClFN/c17-13-4-7-16(11-2-1-3-14(18)9-11)12(8-13)10-19-15-5-6-15/h1-4,7-9,15,19H,5-6,10H2. The molecule has 0 amide bonds. The minimum Gasteiger partial charge on any atom is -0.310 e. The van der Waals surface area contributed by atoms with Crippen molar-refractivity contribution in [2.24, 2.45) is 0 Å². The van der Waals surface area contributed by atoms with E-state index in [0.717, 1.165) is 23.2 Å². The summed E-state index contributed by atoms with van der Waals surface area (Å²) in [5.41, 5.74) is 3.05. The summed E-state index contributed by atoms with van der Waals surface area (Å²) in [6, 6.07) is 13.1. The summed E-state index contributed by atoms with van der Waals surface area (Å²) in [5.74, 6) is -0.214. The fourth-order valence-electron chi connectivity index (χ4n) is 2.19. The summed E-state index contributed by atoms with van der Waals surface area (Å²) in [4.78, 5) is 0. The molecule has 1 saturated carbocycles. The quantitative estimate of drug-likeness (QED) is 0.872. The van der Waals surface area contributed by atoms with Gasteiger partial charge in [-0.1, -0.05) is 29.8 Å². The molecule has 0 heterocycles. The molecule has 0 atom stereocenters. The maximum atomic E-state index is 13.3. The lowest BCUT2D eigenvalue weighted by molar-refractivity contribution is 0.628. The topological polar surface area (TPSA) is 12.0 Å². The normalized spacial score (nSPS) is 14.6. The number of nitrogens with one attached hydrogen (secondary N) is 1. The lowest BCUT2D eigenvalue weighted by Gasteiger charge is -2.11. The lowest BCUT2D eigenvalue weighted by Crippen LogP contribution is -2.15. The van der Waals surface area contributed by atoms with E-state index in [1.165, 1.54) is 18.9 Å². The molecule has 2 aromatic rings. The van der Waals surface area contributed by atoms with E-state index >= 15 is 0 Å². The van der Waals surface area contributed by atoms with Crippen LogP contribution in [-0.2, 0) is 6.54 Å². The first-order chi connectivity index (χ1) is 9.22. The Labute approximate surface area is 117 Å². The molecule has 0 aliphatic heterocycles. The molecule has 0 unspecified atom stereocenters. The minimum atomic E-state index is -0.214. The molecule has 0 aromatic heterocycles. The van der Waals surface area contributed by atoms with Gasteiger partial charge in [-0.05, 0) is 53.8 Å². The zero-order valence-corrected chi connectivity index (χ0v) is 11.3. The van der Waals surface area contributed by atoms with Crippen LogP contribution in [-0.4, -0.2) is 6.04 Å². The highest BCUT2D eigenvalue weighted by molar-refractivity contribution is 6.30. The van der Waals surface area contributed by atoms with Crippen LogP contribution in [0.5, 0.6) is 0 Å². The van der Waals surface area contributed by atoms with Crippen molar-refractivity contribution < 1.29 is 4.39 Å². The Kier molecular flexibility index (Phi) is 3.54. The van der Waals surface area contributed by atoms with E-state index in [1.54, 1.807) is 12.1 Å². The fraction of sp³-hybridized carbons (Fsp3) is 0.250. The summed E-state index contributed by atoms with van der Waals surface area (Å²) in [5, 5.41) is 4.19. The van der Waals surface area contributed by atoms with Crippen molar-refractivity contribution in [1.82, 2.24) is 5.32 Å². The van der Waals surface area contributed by atoms with Crippen molar-refractivity contribution >= 4 is 11.6 Å². The molecular formula is C16H15ClFN. The van der Waals surface area contributed by atoms with Crippen LogP contribution in [0.4, 0.5) is 4.39 Å². The maximum Gasteiger partial charge on any atom is 0.123 e. The summed E-state index contributed by atoms with van der Waals surface area (Å²) in [6.45, 7) is 0.775. The molecule has 0 bridgehead atoms. The van der Waals surface area contributed by atoms with Crippen LogP contribution in [0.3, 0.4) is 0 Å². The van der Waals surface area contributed by atoms with Crippen molar-refractivity contribution in [2.45, 2.75) is 25.4 Å². The average molecular weight is 276 g/mol. The Morgan fingerprint density at radius 3 is 2.74 bits per heavy atom. The number of hydrogen-bond donors (Lipinski definition) is 1. The third kappa shape index (κ3) is 3.14. The monoisotopic (exact) mass is 275 g/mol. The van der Waals surface area contributed by atoms with Gasteiger partial charge in [0, 0.05) is 17.6 Å². The minimum absolute atomic E-state index is 0.214. The second kappa shape index (κ2) is 5.32. The summed E-state index contributed by atoms with van der Waals surface area (Å²) < 4.78 is 13.3. The van der Waals surface area contributed by atoms with Gasteiger partial charge in [-0.3, -0.25) is 0 Å². The maximum absolute atomic E-state index is 13.3. The molecule has 1 fully saturated rings. The zero-order valence-electron chi connectivity index (χ0n) is 10.5. The zero-order chi connectivity index (χ0) is 13.2.